The molecule has 0 aromatic carbocycles. The molecule has 0 saturated carbocycles. The molecule has 0 radical (unpaired) electrons. The highest BCUT2D eigenvalue weighted by Crippen LogP contribution is 2.19. The smallest absolute Gasteiger partial charge is 0.168 e. The molecule has 0 spiro atoms. The fraction of sp³-hybridized carbons (Fsp3) is 0.545. The molecule has 3 nitrogen and oxygen atoms in total. The molecule has 0 bridgehead atoms. The number of thioether (sulfide) groups is 1. The van der Waals surface area contributed by atoms with Crippen LogP contribution in [-0.4, -0.2) is 30.1 Å². The molecule has 1 heterocycles. The first-order chi connectivity index (χ1) is 8.08. The van der Waals surface area contributed by atoms with Crippen molar-refractivity contribution in [2.45, 2.75) is 18.6 Å². The van der Waals surface area contributed by atoms with Crippen LogP contribution in [0.3, 0.4) is 0 Å². The van der Waals surface area contributed by atoms with Gasteiger partial charge < -0.3 is 10.6 Å². The zero-order chi connectivity index (χ0) is 12.8. The predicted molar refractivity (Wildman–Crippen MR) is 69.8 cm³/mol. The van der Waals surface area contributed by atoms with Crippen LogP contribution in [0.1, 0.15) is 13.3 Å². The van der Waals surface area contributed by atoms with E-state index in [1.807, 2.05) is 6.26 Å². The van der Waals surface area contributed by atoms with Crippen molar-refractivity contribution in [3.05, 3.63) is 17.7 Å². The SMILES string of the molecule is CNc1nc(NCCC(C)SC)c(F)cc1F. The van der Waals surface area contributed by atoms with Gasteiger partial charge in [-0.25, -0.2) is 13.8 Å². The van der Waals surface area contributed by atoms with Gasteiger partial charge in [0.1, 0.15) is 0 Å². The standard InChI is InChI=1S/C11H17F2N3S/c1-7(17-3)4-5-15-11-9(13)6-8(12)10(14-2)16-11/h6-7H,4-5H2,1-3H3,(H2,14,15,16). The average molecular weight is 261 g/mol. The third-order valence-electron chi connectivity index (χ3n) is 2.41. The molecular formula is C11H17F2N3S. The predicted octanol–water partition coefficient (Wildman–Crippen LogP) is 2.96. The normalized spacial score (nSPS) is 12.3. The van der Waals surface area contributed by atoms with Crippen molar-refractivity contribution in [2.24, 2.45) is 0 Å². The van der Waals surface area contributed by atoms with Crippen LogP contribution in [0.15, 0.2) is 6.07 Å². The summed E-state index contributed by atoms with van der Waals surface area (Å²) in [6.45, 7) is 2.71. The summed E-state index contributed by atoms with van der Waals surface area (Å²) in [4.78, 5) is 3.83. The second-order valence-corrected chi connectivity index (χ2v) is 4.94. The van der Waals surface area contributed by atoms with Gasteiger partial charge in [-0.1, -0.05) is 6.92 Å². The Morgan fingerprint density at radius 1 is 1.35 bits per heavy atom. The van der Waals surface area contributed by atoms with E-state index in [9.17, 15) is 8.78 Å². The minimum Gasteiger partial charge on any atom is -0.371 e. The number of halogens is 2. The Balaban J connectivity index is 2.64. The van der Waals surface area contributed by atoms with E-state index < -0.39 is 11.6 Å². The molecule has 0 saturated heterocycles. The van der Waals surface area contributed by atoms with Crippen LogP contribution >= 0.6 is 11.8 Å². The van der Waals surface area contributed by atoms with E-state index >= 15 is 0 Å². The molecule has 6 heteroatoms. The zero-order valence-corrected chi connectivity index (χ0v) is 11.0. The van der Waals surface area contributed by atoms with Crippen LogP contribution in [-0.2, 0) is 0 Å². The summed E-state index contributed by atoms with van der Waals surface area (Å²) in [6.07, 6.45) is 2.93. The molecule has 0 aliphatic heterocycles. The molecule has 0 amide bonds. The molecular weight excluding hydrogens is 244 g/mol. The maximum atomic E-state index is 13.4. The van der Waals surface area contributed by atoms with Crippen LogP contribution in [0.5, 0.6) is 0 Å². The lowest BCUT2D eigenvalue weighted by Gasteiger charge is -2.11. The van der Waals surface area contributed by atoms with Crippen LogP contribution in [0.4, 0.5) is 20.4 Å². The molecule has 96 valence electrons. The van der Waals surface area contributed by atoms with Crippen molar-refractivity contribution in [2.75, 3.05) is 30.5 Å². The summed E-state index contributed by atoms with van der Waals surface area (Å²) in [6, 6.07) is 0.833. The monoisotopic (exact) mass is 261 g/mol. The maximum absolute atomic E-state index is 13.4. The van der Waals surface area contributed by atoms with Crippen molar-refractivity contribution in [1.82, 2.24) is 4.98 Å². The highest BCUT2D eigenvalue weighted by Gasteiger charge is 2.10. The summed E-state index contributed by atoms with van der Waals surface area (Å²) < 4.78 is 26.5. The number of anilines is 2. The van der Waals surface area contributed by atoms with Gasteiger partial charge in [-0.05, 0) is 12.7 Å². The second-order valence-electron chi connectivity index (χ2n) is 3.66. The van der Waals surface area contributed by atoms with Crippen LogP contribution in [0, 0.1) is 11.6 Å². The number of nitrogens with zero attached hydrogens (tertiary/aromatic N) is 1. The van der Waals surface area contributed by atoms with E-state index in [0.717, 1.165) is 12.5 Å². The van der Waals surface area contributed by atoms with Crippen LogP contribution in [0.25, 0.3) is 0 Å². The Morgan fingerprint density at radius 3 is 2.59 bits per heavy atom. The highest BCUT2D eigenvalue weighted by molar-refractivity contribution is 7.99. The lowest BCUT2D eigenvalue weighted by Crippen LogP contribution is -2.11. The Labute approximate surface area is 104 Å². The molecule has 1 aromatic rings. The number of hydrogen-bond donors (Lipinski definition) is 2. The summed E-state index contributed by atoms with van der Waals surface area (Å²) in [5.74, 6) is -1.22. The topological polar surface area (TPSA) is 37.0 Å². The van der Waals surface area contributed by atoms with E-state index in [4.69, 9.17) is 0 Å². The number of nitrogens with one attached hydrogen (secondary N) is 2. The molecule has 2 N–H and O–H groups in total. The lowest BCUT2D eigenvalue weighted by molar-refractivity contribution is 0.578. The van der Waals surface area contributed by atoms with Gasteiger partial charge in [0, 0.05) is 24.9 Å². The second kappa shape index (κ2) is 6.64. The van der Waals surface area contributed by atoms with E-state index in [0.29, 0.717) is 11.8 Å². The first-order valence-electron chi connectivity index (χ1n) is 5.39. The minimum atomic E-state index is -0.687. The largest absolute Gasteiger partial charge is 0.371 e. The Bertz CT molecular complexity index is 374. The first-order valence-corrected chi connectivity index (χ1v) is 6.67. The number of hydrogen-bond acceptors (Lipinski definition) is 4. The van der Waals surface area contributed by atoms with Crippen LogP contribution in [0.2, 0.25) is 0 Å². The van der Waals surface area contributed by atoms with E-state index in [2.05, 4.69) is 22.5 Å². The summed E-state index contributed by atoms with van der Waals surface area (Å²) >= 11 is 1.75. The van der Waals surface area contributed by atoms with Crippen molar-refractivity contribution in [1.29, 1.82) is 0 Å². The fourth-order valence-electron chi connectivity index (χ4n) is 1.28. The van der Waals surface area contributed by atoms with Crippen molar-refractivity contribution < 1.29 is 8.78 Å². The Morgan fingerprint density at radius 2 is 2.00 bits per heavy atom. The van der Waals surface area contributed by atoms with Gasteiger partial charge in [0.05, 0.1) is 0 Å². The van der Waals surface area contributed by atoms with E-state index in [1.54, 1.807) is 18.8 Å². The van der Waals surface area contributed by atoms with E-state index in [-0.39, 0.29) is 11.6 Å². The van der Waals surface area contributed by atoms with Gasteiger partial charge in [-0.2, -0.15) is 11.8 Å². The number of rotatable bonds is 6. The quantitative estimate of drug-likeness (QED) is 0.825. The molecule has 0 aliphatic rings. The molecule has 17 heavy (non-hydrogen) atoms. The minimum absolute atomic E-state index is 0.0480. The average Bonchev–Trinajstić information content (AvgIpc) is 2.31. The van der Waals surface area contributed by atoms with Gasteiger partial charge in [0.15, 0.2) is 23.3 Å². The molecule has 1 aromatic heterocycles. The maximum Gasteiger partial charge on any atom is 0.168 e. The molecule has 0 fully saturated rings. The Kier molecular flexibility index (Phi) is 5.47. The molecule has 1 unspecified atom stereocenters. The molecule has 0 aliphatic carbocycles. The van der Waals surface area contributed by atoms with Gasteiger partial charge in [0.25, 0.3) is 0 Å². The van der Waals surface area contributed by atoms with Gasteiger partial charge >= 0.3 is 0 Å². The van der Waals surface area contributed by atoms with Gasteiger partial charge in [0.2, 0.25) is 0 Å². The van der Waals surface area contributed by atoms with Crippen molar-refractivity contribution in [3.8, 4) is 0 Å². The Hall–Kier alpha value is -1.04. The third kappa shape index (κ3) is 4.03. The van der Waals surface area contributed by atoms with Gasteiger partial charge in [-0.3, -0.25) is 0 Å². The molecule has 1 rings (SSSR count). The summed E-state index contributed by atoms with van der Waals surface area (Å²) in [7, 11) is 1.54. The highest BCUT2D eigenvalue weighted by atomic mass is 32.2. The molecule has 1 atom stereocenters. The van der Waals surface area contributed by atoms with Crippen molar-refractivity contribution in [3.63, 3.8) is 0 Å². The summed E-state index contributed by atoms with van der Waals surface area (Å²) in [5, 5.41) is 5.95. The van der Waals surface area contributed by atoms with Crippen molar-refractivity contribution >= 4 is 23.4 Å². The number of aromatic nitrogens is 1. The lowest BCUT2D eigenvalue weighted by atomic mass is 10.3. The van der Waals surface area contributed by atoms with Gasteiger partial charge in [-0.15, -0.1) is 0 Å². The van der Waals surface area contributed by atoms with E-state index in [1.165, 1.54) is 0 Å². The third-order valence-corrected chi connectivity index (χ3v) is 3.45. The zero-order valence-electron chi connectivity index (χ0n) is 10.2. The van der Waals surface area contributed by atoms with Crippen LogP contribution < -0.4 is 10.6 Å². The summed E-state index contributed by atoms with van der Waals surface area (Å²) in [5.41, 5.74) is 0. The number of pyridine rings is 1. The fourth-order valence-corrected chi connectivity index (χ4v) is 1.63. The first kappa shape index (κ1) is 14.0.